The molecule has 1 heterocycles. The predicted molar refractivity (Wildman–Crippen MR) is 56.2 cm³/mol. The van der Waals surface area contributed by atoms with E-state index in [0.29, 0.717) is 23.2 Å². The summed E-state index contributed by atoms with van der Waals surface area (Å²) in [4.78, 5) is 10.9. The van der Waals surface area contributed by atoms with Crippen LogP contribution in [0.5, 0.6) is 5.75 Å². The van der Waals surface area contributed by atoms with Crippen LogP contribution in [0.15, 0.2) is 11.4 Å². The van der Waals surface area contributed by atoms with E-state index in [4.69, 9.17) is 9.84 Å². The Kier molecular flexibility index (Phi) is 3.95. The lowest BCUT2D eigenvalue weighted by molar-refractivity contribution is 0.0702. The zero-order valence-electron chi connectivity index (χ0n) is 8.32. The van der Waals surface area contributed by atoms with E-state index >= 15 is 0 Å². The highest BCUT2D eigenvalue weighted by atomic mass is 32.1. The Morgan fingerprint density at radius 1 is 1.71 bits per heavy atom. The Balaban J connectivity index is 2.48. The summed E-state index contributed by atoms with van der Waals surface area (Å²) >= 11 is 1.19. The van der Waals surface area contributed by atoms with Gasteiger partial charge in [0.25, 0.3) is 0 Å². The molecule has 0 aliphatic heterocycles. The molecule has 0 bridgehead atoms. The molecule has 4 heteroatoms. The number of hydrogen-bond donors (Lipinski definition) is 1. The van der Waals surface area contributed by atoms with Crippen LogP contribution in [0.3, 0.4) is 0 Å². The second kappa shape index (κ2) is 5.00. The summed E-state index contributed by atoms with van der Waals surface area (Å²) in [6.45, 7) is 4.85. The van der Waals surface area contributed by atoms with Gasteiger partial charge in [-0.1, -0.05) is 20.3 Å². The lowest BCUT2D eigenvalue weighted by Crippen LogP contribution is -2.06. The van der Waals surface area contributed by atoms with Crippen molar-refractivity contribution in [3.8, 4) is 5.75 Å². The van der Waals surface area contributed by atoms with Crippen LogP contribution >= 0.6 is 11.3 Å². The first-order chi connectivity index (χ1) is 6.63. The normalized spacial score (nSPS) is 12.4. The molecular weight excluding hydrogens is 200 g/mol. The zero-order valence-corrected chi connectivity index (χ0v) is 9.13. The number of rotatable bonds is 5. The Morgan fingerprint density at radius 2 is 2.43 bits per heavy atom. The average molecular weight is 214 g/mol. The van der Waals surface area contributed by atoms with Gasteiger partial charge in [-0.25, -0.2) is 4.79 Å². The van der Waals surface area contributed by atoms with E-state index in [1.165, 1.54) is 11.3 Å². The molecular formula is C10H14O3S. The van der Waals surface area contributed by atoms with Crippen LogP contribution in [0.2, 0.25) is 0 Å². The quantitative estimate of drug-likeness (QED) is 0.819. The molecule has 0 radical (unpaired) electrons. The average Bonchev–Trinajstić information content (AvgIpc) is 2.62. The third-order valence-corrected chi connectivity index (χ3v) is 2.91. The van der Waals surface area contributed by atoms with E-state index in [1.807, 2.05) is 0 Å². The van der Waals surface area contributed by atoms with E-state index in [-0.39, 0.29) is 0 Å². The van der Waals surface area contributed by atoms with Crippen molar-refractivity contribution < 1.29 is 14.6 Å². The van der Waals surface area contributed by atoms with Crippen molar-refractivity contribution in [3.05, 3.63) is 16.3 Å². The summed E-state index contributed by atoms with van der Waals surface area (Å²) in [5, 5.41) is 10.4. The molecule has 1 atom stereocenters. The maximum absolute atomic E-state index is 10.6. The van der Waals surface area contributed by atoms with E-state index < -0.39 is 5.97 Å². The molecule has 0 aliphatic rings. The van der Waals surface area contributed by atoms with Gasteiger partial charge >= 0.3 is 5.97 Å². The monoisotopic (exact) mass is 214 g/mol. The highest BCUT2D eigenvalue weighted by molar-refractivity contribution is 7.12. The number of aromatic carboxylic acids is 1. The summed E-state index contributed by atoms with van der Waals surface area (Å²) in [7, 11) is 0. The molecule has 0 saturated carbocycles. The highest BCUT2D eigenvalue weighted by Gasteiger charge is 2.08. The summed E-state index contributed by atoms with van der Waals surface area (Å²) in [6.07, 6.45) is 1.07. The van der Waals surface area contributed by atoms with Gasteiger partial charge in [0.1, 0.15) is 10.6 Å². The van der Waals surface area contributed by atoms with Gasteiger partial charge in [0.15, 0.2) is 0 Å². The molecule has 1 rings (SSSR count). The molecule has 1 unspecified atom stereocenters. The molecule has 0 aromatic carbocycles. The van der Waals surface area contributed by atoms with E-state index in [9.17, 15) is 4.79 Å². The number of carboxylic acid groups (broad SMARTS) is 1. The van der Waals surface area contributed by atoms with Crippen molar-refractivity contribution in [2.75, 3.05) is 6.61 Å². The Hall–Kier alpha value is -1.03. The summed E-state index contributed by atoms with van der Waals surface area (Å²) in [5.41, 5.74) is 0. The van der Waals surface area contributed by atoms with Gasteiger partial charge in [-0.15, -0.1) is 11.3 Å². The maximum Gasteiger partial charge on any atom is 0.346 e. The summed E-state index contributed by atoms with van der Waals surface area (Å²) < 4.78 is 5.44. The first-order valence-corrected chi connectivity index (χ1v) is 5.46. The van der Waals surface area contributed by atoms with Gasteiger partial charge in [-0.3, -0.25) is 0 Å². The van der Waals surface area contributed by atoms with Crippen molar-refractivity contribution in [1.82, 2.24) is 0 Å². The minimum Gasteiger partial charge on any atom is -0.492 e. The molecule has 1 aromatic heterocycles. The molecule has 0 amide bonds. The van der Waals surface area contributed by atoms with Crippen molar-refractivity contribution in [2.24, 2.45) is 5.92 Å². The number of carbonyl (C=O) groups is 1. The van der Waals surface area contributed by atoms with Crippen molar-refractivity contribution in [3.63, 3.8) is 0 Å². The maximum atomic E-state index is 10.6. The fourth-order valence-corrected chi connectivity index (χ4v) is 1.53. The standard InChI is InChI=1S/C10H14O3S/c1-3-7(2)5-13-8-4-9(10(11)12)14-6-8/h4,6-7H,3,5H2,1-2H3,(H,11,12). The fraction of sp³-hybridized carbons (Fsp3) is 0.500. The lowest BCUT2D eigenvalue weighted by atomic mass is 10.1. The first-order valence-electron chi connectivity index (χ1n) is 4.58. The number of carboxylic acids is 1. The molecule has 14 heavy (non-hydrogen) atoms. The predicted octanol–water partition coefficient (Wildman–Crippen LogP) is 2.87. The van der Waals surface area contributed by atoms with Crippen LogP contribution in [0, 0.1) is 5.92 Å². The van der Waals surface area contributed by atoms with Crippen molar-refractivity contribution >= 4 is 17.3 Å². The molecule has 1 N–H and O–H groups in total. The van der Waals surface area contributed by atoms with Gasteiger partial charge in [0.05, 0.1) is 6.61 Å². The number of ether oxygens (including phenoxy) is 1. The second-order valence-electron chi connectivity index (χ2n) is 3.28. The molecule has 3 nitrogen and oxygen atoms in total. The van der Waals surface area contributed by atoms with Crippen LogP contribution in [0.25, 0.3) is 0 Å². The van der Waals surface area contributed by atoms with Gasteiger partial charge in [-0.05, 0) is 5.92 Å². The number of thiophene rings is 1. The third-order valence-electron chi connectivity index (χ3n) is 2.02. The third kappa shape index (κ3) is 3.03. The van der Waals surface area contributed by atoms with Crippen molar-refractivity contribution in [2.45, 2.75) is 20.3 Å². The molecule has 0 fully saturated rings. The van der Waals surface area contributed by atoms with E-state index in [2.05, 4.69) is 13.8 Å². The van der Waals surface area contributed by atoms with Crippen LogP contribution < -0.4 is 4.74 Å². The van der Waals surface area contributed by atoms with E-state index in [1.54, 1.807) is 11.4 Å². The SMILES string of the molecule is CCC(C)COc1csc(C(=O)O)c1. The Labute approximate surface area is 87.3 Å². The molecule has 1 aromatic rings. The largest absolute Gasteiger partial charge is 0.492 e. The summed E-state index contributed by atoms with van der Waals surface area (Å²) in [6, 6.07) is 1.56. The zero-order chi connectivity index (χ0) is 10.6. The lowest BCUT2D eigenvalue weighted by Gasteiger charge is -2.08. The topological polar surface area (TPSA) is 46.5 Å². The molecule has 78 valence electrons. The minimum atomic E-state index is -0.895. The minimum absolute atomic E-state index is 0.323. The Bertz CT molecular complexity index is 306. The van der Waals surface area contributed by atoms with Crippen LogP contribution in [0.1, 0.15) is 29.9 Å². The first kappa shape index (κ1) is 11.0. The summed E-state index contributed by atoms with van der Waals surface area (Å²) in [5.74, 6) is 0.268. The smallest absolute Gasteiger partial charge is 0.346 e. The van der Waals surface area contributed by atoms with Crippen molar-refractivity contribution in [1.29, 1.82) is 0 Å². The second-order valence-corrected chi connectivity index (χ2v) is 4.19. The van der Waals surface area contributed by atoms with Gasteiger partial charge in [-0.2, -0.15) is 0 Å². The van der Waals surface area contributed by atoms with Gasteiger partial charge in [0.2, 0.25) is 0 Å². The van der Waals surface area contributed by atoms with E-state index in [0.717, 1.165) is 6.42 Å². The van der Waals surface area contributed by atoms with Gasteiger partial charge in [0, 0.05) is 11.4 Å². The molecule has 0 saturated heterocycles. The van der Waals surface area contributed by atoms with Crippen LogP contribution in [0.4, 0.5) is 0 Å². The highest BCUT2D eigenvalue weighted by Crippen LogP contribution is 2.22. The molecule has 0 aliphatic carbocycles. The van der Waals surface area contributed by atoms with Gasteiger partial charge < -0.3 is 9.84 Å². The Morgan fingerprint density at radius 3 is 2.93 bits per heavy atom. The fourth-order valence-electron chi connectivity index (χ4n) is 0.863. The van der Waals surface area contributed by atoms with Crippen LogP contribution in [-0.2, 0) is 0 Å². The molecule has 0 spiro atoms. The van der Waals surface area contributed by atoms with Crippen LogP contribution in [-0.4, -0.2) is 17.7 Å². The number of hydrogen-bond acceptors (Lipinski definition) is 3.